The Kier molecular flexibility index (Phi) is 8.29. The van der Waals surface area contributed by atoms with Gasteiger partial charge in [-0.05, 0) is 72.1 Å². The van der Waals surface area contributed by atoms with Crippen molar-refractivity contribution in [3.63, 3.8) is 0 Å². The monoisotopic (exact) mass is 339 g/mol. The molecule has 0 spiro atoms. The third kappa shape index (κ3) is 7.84. The van der Waals surface area contributed by atoms with E-state index in [1.807, 2.05) is 33.9 Å². The summed E-state index contributed by atoms with van der Waals surface area (Å²) in [5.41, 5.74) is -0.451. The first kappa shape index (κ1) is 20.5. The lowest BCUT2D eigenvalue weighted by atomic mass is 9.83. The molecule has 1 aliphatic carbocycles. The zero-order valence-corrected chi connectivity index (χ0v) is 15.8. The largest absolute Gasteiger partial charge is 0.463 e. The molecule has 138 valence electrons. The summed E-state index contributed by atoms with van der Waals surface area (Å²) < 4.78 is 10.3. The molecule has 0 heterocycles. The smallest absolute Gasteiger partial charge is 0.410 e. The minimum atomic E-state index is -0.451. The molecule has 0 saturated heterocycles. The third-order valence-electron chi connectivity index (χ3n) is 4.33. The lowest BCUT2D eigenvalue weighted by molar-refractivity contribution is -0.137. The molecule has 0 aliphatic heterocycles. The highest BCUT2D eigenvalue weighted by atomic mass is 16.6. The highest BCUT2D eigenvalue weighted by Crippen LogP contribution is 2.30. The van der Waals surface area contributed by atoms with Crippen molar-refractivity contribution in [3.05, 3.63) is 12.2 Å². The molecule has 0 N–H and O–H groups in total. The molecule has 1 aliphatic rings. The van der Waals surface area contributed by atoms with Crippen LogP contribution in [0.15, 0.2) is 12.2 Å². The van der Waals surface area contributed by atoms with Gasteiger partial charge in [-0.15, -0.1) is 0 Å². The molecule has 0 unspecified atom stereocenters. The SMILES string of the molecule is CCOC(=O)C=CCC[C@H]1CC[C@H](N(C)C(=O)OC(C)(C)C)CC1. The van der Waals surface area contributed by atoms with Gasteiger partial charge in [-0.25, -0.2) is 9.59 Å². The molecule has 1 fully saturated rings. The number of amides is 1. The van der Waals surface area contributed by atoms with Crippen LogP contribution in [0.25, 0.3) is 0 Å². The maximum atomic E-state index is 12.1. The Balaban J connectivity index is 2.28. The molecular weight excluding hydrogens is 306 g/mol. The first-order chi connectivity index (χ1) is 11.2. The van der Waals surface area contributed by atoms with E-state index >= 15 is 0 Å². The van der Waals surface area contributed by atoms with Crippen molar-refractivity contribution in [2.24, 2.45) is 5.92 Å². The Bertz CT molecular complexity index is 431. The molecule has 24 heavy (non-hydrogen) atoms. The number of carbonyl (C=O) groups is 2. The molecular formula is C19H33NO4. The lowest BCUT2D eigenvalue weighted by Gasteiger charge is -2.35. The van der Waals surface area contributed by atoms with Crippen LogP contribution in [-0.4, -0.2) is 42.3 Å². The van der Waals surface area contributed by atoms with Crippen LogP contribution < -0.4 is 0 Å². The predicted molar refractivity (Wildman–Crippen MR) is 94.8 cm³/mol. The van der Waals surface area contributed by atoms with Gasteiger partial charge in [0.05, 0.1) is 6.61 Å². The van der Waals surface area contributed by atoms with Crippen molar-refractivity contribution < 1.29 is 19.1 Å². The number of ether oxygens (including phenoxy) is 2. The normalized spacial score (nSPS) is 21.5. The van der Waals surface area contributed by atoms with Crippen molar-refractivity contribution in [1.29, 1.82) is 0 Å². The second-order valence-electron chi connectivity index (χ2n) is 7.50. The van der Waals surface area contributed by atoms with Gasteiger partial charge in [-0.3, -0.25) is 0 Å². The number of hydrogen-bond donors (Lipinski definition) is 0. The van der Waals surface area contributed by atoms with Gasteiger partial charge in [0.25, 0.3) is 0 Å². The van der Waals surface area contributed by atoms with Gasteiger partial charge >= 0.3 is 12.1 Å². The van der Waals surface area contributed by atoms with Gasteiger partial charge in [0.15, 0.2) is 0 Å². The van der Waals surface area contributed by atoms with E-state index in [0.717, 1.165) is 38.5 Å². The first-order valence-electron chi connectivity index (χ1n) is 9.02. The number of rotatable bonds is 6. The van der Waals surface area contributed by atoms with Gasteiger partial charge in [0.1, 0.15) is 5.60 Å². The Labute approximate surface area is 146 Å². The van der Waals surface area contributed by atoms with Gasteiger partial charge in [0.2, 0.25) is 0 Å². The Hall–Kier alpha value is -1.52. The number of nitrogens with zero attached hydrogens (tertiary/aromatic N) is 1. The molecule has 0 atom stereocenters. The summed E-state index contributed by atoms with van der Waals surface area (Å²) in [6, 6.07) is 0.270. The Morgan fingerprint density at radius 3 is 2.33 bits per heavy atom. The van der Waals surface area contributed by atoms with Crippen molar-refractivity contribution in [1.82, 2.24) is 4.90 Å². The highest BCUT2D eigenvalue weighted by Gasteiger charge is 2.28. The second-order valence-corrected chi connectivity index (χ2v) is 7.50. The summed E-state index contributed by atoms with van der Waals surface area (Å²) in [4.78, 5) is 25.1. The maximum Gasteiger partial charge on any atom is 0.410 e. The number of allylic oxidation sites excluding steroid dienone is 1. The van der Waals surface area contributed by atoms with Crippen LogP contribution >= 0.6 is 0 Å². The topological polar surface area (TPSA) is 55.8 Å². The van der Waals surface area contributed by atoms with Crippen molar-refractivity contribution in [3.8, 4) is 0 Å². The van der Waals surface area contributed by atoms with E-state index in [1.54, 1.807) is 11.8 Å². The Morgan fingerprint density at radius 2 is 1.79 bits per heavy atom. The minimum absolute atomic E-state index is 0.233. The van der Waals surface area contributed by atoms with Gasteiger partial charge in [-0.2, -0.15) is 0 Å². The summed E-state index contributed by atoms with van der Waals surface area (Å²) in [6.07, 6.45) is 9.43. The van der Waals surface area contributed by atoms with Crippen LogP contribution in [0.4, 0.5) is 4.79 Å². The summed E-state index contributed by atoms with van der Waals surface area (Å²) >= 11 is 0. The van der Waals surface area contributed by atoms with Crippen molar-refractivity contribution in [2.45, 2.75) is 77.9 Å². The van der Waals surface area contributed by atoms with E-state index in [2.05, 4.69) is 0 Å². The molecule has 0 aromatic carbocycles. The summed E-state index contributed by atoms with van der Waals surface area (Å²) in [7, 11) is 1.83. The van der Waals surface area contributed by atoms with Gasteiger partial charge in [0, 0.05) is 19.2 Å². The molecule has 0 aromatic rings. The average molecular weight is 339 g/mol. The summed E-state index contributed by atoms with van der Waals surface area (Å²) in [6.45, 7) is 7.88. The van der Waals surface area contributed by atoms with Crippen molar-refractivity contribution in [2.75, 3.05) is 13.7 Å². The number of hydrogen-bond acceptors (Lipinski definition) is 4. The fourth-order valence-electron chi connectivity index (χ4n) is 3.01. The van der Waals surface area contributed by atoms with Crippen LogP contribution in [0.3, 0.4) is 0 Å². The summed E-state index contributed by atoms with van der Waals surface area (Å²) in [5, 5.41) is 0. The fourth-order valence-corrected chi connectivity index (χ4v) is 3.01. The molecule has 1 rings (SSSR count). The first-order valence-corrected chi connectivity index (χ1v) is 9.02. The van der Waals surface area contributed by atoms with Crippen LogP contribution in [-0.2, 0) is 14.3 Å². The number of esters is 1. The van der Waals surface area contributed by atoms with E-state index in [1.165, 1.54) is 6.08 Å². The quantitative estimate of drug-likeness (QED) is 0.534. The standard InChI is InChI=1S/C19H33NO4/c1-6-23-17(21)10-8-7-9-15-11-13-16(14-12-15)20(5)18(22)24-19(2,3)4/h8,10,15-16H,6-7,9,11-14H2,1-5H3/t15-,16-. The average Bonchev–Trinajstić information content (AvgIpc) is 2.50. The lowest BCUT2D eigenvalue weighted by Crippen LogP contribution is -2.42. The maximum absolute atomic E-state index is 12.1. The highest BCUT2D eigenvalue weighted by molar-refractivity contribution is 5.81. The summed E-state index contributed by atoms with van der Waals surface area (Å²) in [5.74, 6) is 0.403. The molecule has 1 saturated carbocycles. The predicted octanol–water partition coefficient (Wildman–Crippen LogP) is 4.31. The fraction of sp³-hybridized carbons (Fsp3) is 0.789. The van der Waals surface area contributed by atoms with E-state index in [9.17, 15) is 9.59 Å². The van der Waals surface area contributed by atoms with Gasteiger partial charge < -0.3 is 14.4 Å². The number of carbonyl (C=O) groups excluding carboxylic acids is 2. The van der Waals surface area contributed by atoms with Crippen molar-refractivity contribution >= 4 is 12.1 Å². The Morgan fingerprint density at radius 1 is 1.17 bits per heavy atom. The van der Waals surface area contributed by atoms with E-state index in [0.29, 0.717) is 12.5 Å². The molecule has 0 radical (unpaired) electrons. The zero-order chi connectivity index (χ0) is 18.2. The minimum Gasteiger partial charge on any atom is -0.463 e. The molecule has 5 heteroatoms. The second kappa shape index (κ2) is 9.70. The van der Waals surface area contributed by atoms with E-state index in [4.69, 9.17) is 9.47 Å². The third-order valence-corrected chi connectivity index (χ3v) is 4.33. The molecule has 0 aromatic heterocycles. The van der Waals surface area contributed by atoms with E-state index in [-0.39, 0.29) is 18.1 Å². The zero-order valence-electron chi connectivity index (χ0n) is 15.8. The van der Waals surface area contributed by atoms with Crippen LogP contribution in [0.5, 0.6) is 0 Å². The van der Waals surface area contributed by atoms with Crippen LogP contribution in [0.2, 0.25) is 0 Å². The van der Waals surface area contributed by atoms with Crippen LogP contribution in [0.1, 0.15) is 66.2 Å². The van der Waals surface area contributed by atoms with Gasteiger partial charge in [-0.1, -0.05) is 6.08 Å². The molecule has 5 nitrogen and oxygen atoms in total. The molecule has 0 bridgehead atoms. The molecule has 1 amide bonds. The van der Waals surface area contributed by atoms with E-state index < -0.39 is 5.60 Å². The van der Waals surface area contributed by atoms with Crippen LogP contribution in [0, 0.1) is 5.92 Å².